The Bertz CT molecular complexity index is 1060. The first kappa shape index (κ1) is 24.6. The van der Waals surface area contributed by atoms with Gasteiger partial charge in [-0.25, -0.2) is 8.93 Å². The lowest BCUT2D eigenvalue weighted by Gasteiger charge is -2.41. The molecule has 0 bridgehead atoms. The second kappa shape index (κ2) is 11.8. The molecule has 180 valence electrons. The van der Waals surface area contributed by atoms with E-state index < -0.39 is 11.3 Å². The number of nitrogens with one attached hydrogen (secondary N) is 2. The van der Waals surface area contributed by atoms with Crippen molar-refractivity contribution in [3.8, 4) is 16.9 Å². The van der Waals surface area contributed by atoms with Crippen LogP contribution in [0.1, 0.15) is 43.2 Å². The van der Waals surface area contributed by atoms with Crippen molar-refractivity contribution in [2.24, 2.45) is 0 Å². The fraction of sp³-hybridized carbons (Fsp3) is 0.357. The fourth-order valence-electron chi connectivity index (χ4n) is 5.10. The molecule has 0 aromatic heterocycles. The first-order chi connectivity index (χ1) is 16.6. The molecular weight excluding hydrogens is 444 g/mol. The summed E-state index contributed by atoms with van der Waals surface area (Å²) in [6.45, 7) is 1.36. The highest BCUT2D eigenvalue weighted by Gasteiger charge is 2.36. The van der Waals surface area contributed by atoms with Gasteiger partial charge in [0.15, 0.2) is 0 Å². The van der Waals surface area contributed by atoms with Crippen LogP contribution in [0, 0.1) is 0 Å². The number of rotatable bonds is 10. The average Bonchev–Trinajstić information content (AvgIpc) is 2.89. The van der Waals surface area contributed by atoms with Crippen LogP contribution in [0.2, 0.25) is 0 Å². The summed E-state index contributed by atoms with van der Waals surface area (Å²) in [5, 5.41) is 3.75. The van der Waals surface area contributed by atoms with Gasteiger partial charge in [0, 0.05) is 19.1 Å². The summed E-state index contributed by atoms with van der Waals surface area (Å²) >= 11 is -1.98. The van der Waals surface area contributed by atoms with Crippen LogP contribution in [0.3, 0.4) is 0 Å². The number of ether oxygens (including phenoxy) is 1. The largest absolute Gasteiger partial charge is 0.497 e. The van der Waals surface area contributed by atoms with Crippen molar-refractivity contribution in [2.75, 3.05) is 13.7 Å². The van der Waals surface area contributed by atoms with Crippen LogP contribution in [0.25, 0.3) is 11.1 Å². The van der Waals surface area contributed by atoms with E-state index in [1.807, 2.05) is 18.2 Å². The summed E-state index contributed by atoms with van der Waals surface area (Å²) in [5.41, 5.74) is 5.01. The van der Waals surface area contributed by atoms with Crippen molar-refractivity contribution in [3.63, 3.8) is 0 Å². The van der Waals surface area contributed by atoms with Crippen molar-refractivity contribution in [1.29, 1.82) is 0 Å². The molecule has 0 amide bonds. The van der Waals surface area contributed by atoms with E-state index in [0.29, 0.717) is 12.6 Å². The Hall–Kier alpha value is -2.51. The Kier molecular flexibility index (Phi) is 8.51. The molecule has 1 aliphatic carbocycles. The third-order valence-electron chi connectivity index (χ3n) is 7.11. The Morgan fingerprint density at radius 3 is 2.35 bits per heavy atom. The van der Waals surface area contributed by atoms with Crippen molar-refractivity contribution in [1.82, 2.24) is 10.0 Å². The van der Waals surface area contributed by atoms with Gasteiger partial charge in [0.05, 0.1) is 7.11 Å². The molecule has 3 aromatic carbocycles. The van der Waals surface area contributed by atoms with Gasteiger partial charge in [0.2, 0.25) is 11.3 Å². The molecular formula is C28H34N2O3S. The summed E-state index contributed by atoms with van der Waals surface area (Å²) < 4.78 is 28.4. The maximum absolute atomic E-state index is 11.1. The van der Waals surface area contributed by atoms with E-state index in [4.69, 9.17) is 9.29 Å². The minimum absolute atomic E-state index is 0.0174. The minimum atomic E-state index is -1.98. The van der Waals surface area contributed by atoms with Gasteiger partial charge >= 0.3 is 0 Å². The summed E-state index contributed by atoms with van der Waals surface area (Å²) in [6, 6.07) is 28.0. The van der Waals surface area contributed by atoms with Gasteiger partial charge in [-0.1, -0.05) is 66.7 Å². The second-order valence-corrected chi connectivity index (χ2v) is 9.91. The number of hydrogen-bond acceptors (Lipinski definition) is 3. The van der Waals surface area contributed by atoms with E-state index in [1.54, 1.807) is 7.11 Å². The predicted octanol–water partition coefficient (Wildman–Crippen LogP) is 5.45. The van der Waals surface area contributed by atoms with Gasteiger partial charge in [-0.2, -0.15) is 0 Å². The molecule has 1 atom stereocenters. The molecule has 5 nitrogen and oxygen atoms in total. The molecule has 1 saturated carbocycles. The van der Waals surface area contributed by atoms with Crippen molar-refractivity contribution in [2.45, 2.75) is 50.1 Å². The molecule has 1 aliphatic rings. The summed E-state index contributed by atoms with van der Waals surface area (Å²) in [4.78, 5) is 0. The minimum Gasteiger partial charge on any atom is -0.497 e. The lowest BCUT2D eigenvalue weighted by atomic mass is 9.66. The van der Waals surface area contributed by atoms with Crippen LogP contribution in [-0.2, 0) is 23.2 Å². The lowest BCUT2D eigenvalue weighted by Crippen LogP contribution is -2.41. The normalized spacial score (nSPS) is 21.2. The highest BCUT2D eigenvalue weighted by molar-refractivity contribution is 7.77. The summed E-state index contributed by atoms with van der Waals surface area (Å²) in [6.07, 6.45) is 5.03. The molecule has 0 aliphatic heterocycles. The zero-order valence-electron chi connectivity index (χ0n) is 19.7. The third-order valence-corrected chi connectivity index (χ3v) is 7.56. The molecule has 0 spiro atoms. The monoisotopic (exact) mass is 478 g/mol. The SMILES string of the molecule is COc1cccc(C2(CCNS(=O)O)CCC(NCc3ccc(-c4ccccc4)cc3)CC2)c1. The molecule has 3 aromatic rings. The molecule has 34 heavy (non-hydrogen) atoms. The predicted molar refractivity (Wildman–Crippen MR) is 139 cm³/mol. The van der Waals surface area contributed by atoms with Gasteiger partial charge in [0.1, 0.15) is 5.75 Å². The van der Waals surface area contributed by atoms with Crippen molar-refractivity contribution < 1.29 is 13.5 Å². The van der Waals surface area contributed by atoms with Gasteiger partial charge in [0.25, 0.3) is 0 Å². The zero-order valence-corrected chi connectivity index (χ0v) is 20.5. The van der Waals surface area contributed by atoms with Crippen LogP contribution in [0.4, 0.5) is 0 Å². The summed E-state index contributed by atoms with van der Waals surface area (Å²) in [7, 11) is 1.69. The lowest BCUT2D eigenvalue weighted by molar-refractivity contribution is 0.232. The van der Waals surface area contributed by atoms with E-state index in [-0.39, 0.29) is 5.41 Å². The first-order valence-corrected chi connectivity index (χ1v) is 13.1. The highest BCUT2D eigenvalue weighted by Crippen LogP contribution is 2.43. The Balaban J connectivity index is 1.36. The van der Waals surface area contributed by atoms with Crippen LogP contribution in [0.15, 0.2) is 78.9 Å². The van der Waals surface area contributed by atoms with E-state index in [2.05, 4.69) is 70.7 Å². The van der Waals surface area contributed by atoms with Gasteiger partial charge in [-0.3, -0.25) is 4.55 Å². The molecule has 0 radical (unpaired) electrons. The second-order valence-electron chi connectivity index (χ2n) is 9.12. The van der Waals surface area contributed by atoms with E-state index in [0.717, 1.165) is 44.4 Å². The highest BCUT2D eigenvalue weighted by atomic mass is 32.2. The molecule has 0 heterocycles. The van der Waals surface area contributed by atoms with Crippen LogP contribution in [-0.4, -0.2) is 28.5 Å². The van der Waals surface area contributed by atoms with Crippen LogP contribution < -0.4 is 14.8 Å². The average molecular weight is 479 g/mol. The number of methoxy groups -OCH3 is 1. The van der Waals surface area contributed by atoms with Gasteiger partial charge < -0.3 is 10.1 Å². The maximum atomic E-state index is 11.1. The van der Waals surface area contributed by atoms with Gasteiger partial charge in [-0.05, 0) is 71.9 Å². The van der Waals surface area contributed by atoms with Crippen molar-refractivity contribution in [3.05, 3.63) is 90.0 Å². The molecule has 0 saturated heterocycles. The molecule has 3 N–H and O–H groups in total. The third kappa shape index (κ3) is 6.33. The smallest absolute Gasteiger partial charge is 0.231 e. The van der Waals surface area contributed by atoms with Crippen LogP contribution in [0.5, 0.6) is 5.75 Å². The number of hydrogen-bond donors (Lipinski definition) is 3. The molecule has 6 heteroatoms. The van der Waals surface area contributed by atoms with Gasteiger partial charge in [-0.15, -0.1) is 0 Å². The Morgan fingerprint density at radius 2 is 1.68 bits per heavy atom. The van der Waals surface area contributed by atoms with E-state index >= 15 is 0 Å². The fourth-order valence-corrected chi connectivity index (χ4v) is 5.37. The quantitative estimate of drug-likeness (QED) is 0.339. The van der Waals surface area contributed by atoms with E-state index in [9.17, 15) is 4.21 Å². The van der Waals surface area contributed by atoms with Crippen molar-refractivity contribution >= 4 is 11.3 Å². The Labute approximate surface area is 205 Å². The topological polar surface area (TPSA) is 70.6 Å². The first-order valence-electron chi connectivity index (χ1n) is 11.9. The maximum Gasteiger partial charge on any atom is 0.231 e. The zero-order chi connectivity index (χ0) is 23.8. The standard InChI is InChI=1S/C28H34N2O3S/c1-33-27-9-5-8-25(20-27)28(18-19-30-34(31)32)16-14-26(15-17-28)29-21-22-10-12-24(13-11-22)23-6-3-2-4-7-23/h2-13,20,26,29-30H,14-19,21H2,1H3,(H,31,32). The number of benzene rings is 3. The molecule has 1 unspecified atom stereocenters. The van der Waals surface area contributed by atoms with Crippen LogP contribution >= 0.6 is 0 Å². The molecule has 1 fully saturated rings. The molecule has 4 rings (SSSR count). The van der Waals surface area contributed by atoms with E-state index in [1.165, 1.54) is 22.3 Å². The summed E-state index contributed by atoms with van der Waals surface area (Å²) in [5.74, 6) is 0.856. The Morgan fingerprint density at radius 1 is 0.971 bits per heavy atom.